The van der Waals surface area contributed by atoms with E-state index in [0.717, 1.165) is 17.9 Å². The van der Waals surface area contributed by atoms with Crippen molar-refractivity contribution >= 4 is 18.6 Å². The lowest BCUT2D eigenvalue weighted by molar-refractivity contribution is 0.349. The highest BCUT2D eigenvalue weighted by Crippen LogP contribution is 2.41. The molecular formula is C22H28ClNO3. The molecule has 146 valence electrons. The lowest BCUT2D eigenvalue weighted by Crippen LogP contribution is -2.25. The van der Waals surface area contributed by atoms with E-state index in [4.69, 9.17) is 19.2 Å². The molecule has 0 N–H and O–H groups in total. The first kappa shape index (κ1) is 21.1. The van der Waals surface area contributed by atoms with Crippen LogP contribution in [0.5, 0.6) is 17.2 Å². The predicted octanol–water partition coefficient (Wildman–Crippen LogP) is 5.07. The quantitative estimate of drug-likeness (QED) is 0.621. The van der Waals surface area contributed by atoms with Crippen LogP contribution in [-0.2, 0) is 5.41 Å². The number of ether oxygens (including phenoxy) is 3. The summed E-state index contributed by atoms with van der Waals surface area (Å²) in [4.78, 5) is 4.81. The molecule has 0 aliphatic heterocycles. The maximum absolute atomic E-state index is 5.49. The first-order chi connectivity index (χ1) is 12.7. The van der Waals surface area contributed by atoms with E-state index in [-0.39, 0.29) is 17.8 Å². The lowest BCUT2D eigenvalue weighted by atomic mass is 9.79. The summed E-state index contributed by atoms with van der Waals surface area (Å²) in [6.07, 6.45) is 6.81. The van der Waals surface area contributed by atoms with Gasteiger partial charge in [0.1, 0.15) is 5.75 Å². The molecule has 0 radical (unpaired) electrons. The molecule has 5 heteroatoms. The van der Waals surface area contributed by atoms with Crippen molar-refractivity contribution in [1.29, 1.82) is 0 Å². The van der Waals surface area contributed by atoms with Crippen LogP contribution in [0.25, 0.3) is 0 Å². The Bertz CT molecular complexity index is 756. The molecule has 0 spiro atoms. The van der Waals surface area contributed by atoms with E-state index in [1.807, 2.05) is 18.3 Å². The third kappa shape index (κ3) is 4.56. The number of aliphatic imine (C=N–C) groups is 1. The number of rotatable bonds is 7. The number of hydrogen-bond donors (Lipinski definition) is 0. The zero-order valence-corrected chi connectivity index (χ0v) is 17.1. The molecule has 1 saturated carbocycles. The Hall–Kier alpha value is -2.20. The molecule has 1 fully saturated rings. The van der Waals surface area contributed by atoms with Crippen molar-refractivity contribution in [2.75, 3.05) is 27.9 Å². The van der Waals surface area contributed by atoms with Crippen LogP contribution >= 0.6 is 12.4 Å². The zero-order valence-electron chi connectivity index (χ0n) is 16.2. The first-order valence-electron chi connectivity index (χ1n) is 9.08. The van der Waals surface area contributed by atoms with Crippen molar-refractivity contribution in [3.8, 4) is 17.2 Å². The maximum atomic E-state index is 5.49. The normalized spacial score (nSPS) is 15.4. The Balaban J connectivity index is 0.00000261. The van der Waals surface area contributed by atoms with E-state index >= 15 is 0 Å². The molecule has 2 aromatic carbocycles. The second kappa shape index (κ2) is 9.65. The van der Waals surface area contributed by atoms with Gasteiger partial charge in [0.2, 0.25) is 0 Å². The third-order valence-electron chi connectivity index (χ3n) is 5.31. The van der Waals surface area contributed by atoms with E-state index < -0.39 is 0 Å². The number of nitrogens with zero attached hydrogens (tertiary/aromatic N) is 1. The monoisotopic (exact) mass is 389 g/mol. The average molecular weight is 390 g/mol. The Morgan fingerprint density at radius 1 is 0.889 bits per heavy atom. The molecule has 0 unspecified atom stereocenters. The highest BCUT2D eigenvalue weighted by molar-refractivity contribution is 5.85. The van der Waals surface area contributed by atoms with Gasteiger partial charge in [0.05, 0.1) is 21.3 Å². The highest BCUT2D eigenvalue weighted by atomic mass is 35.5. The van der Waals surface area contributed by atoms with Gasteiger partial charge in [0.15, 0.2) is 11.5 Å². The Morgan fingerprint density at radius 2 is 1.48 bits per heavy atom. The first-order valence-corrected chi connectivity index (χ1v) is 9.08. The topological polar surface area (TPSA) is 40.0 Å². The minimum absolute atomic E-state index is 0. The van der Waals surface area contributed by atoms with Crippen LogP contribution in [-0.4, -0.2) is 34.1 Å². The maximum Gasteiger partial charge on any atom is 0.164 e. The summed E-state index contributed by atoms with van der Waals surface area (Å²) in [7, 11) is 4.91. The van der Waals surface area contributed by atoms with Crippen LogP contribution in [0.3, 0.4) is 0 Å². The summed E-state index contributed by atoms with van der Waals surface area (Å²) in [5.74, 6) is 2.05. The molecular weight excluding hydrogens is 362 g/mol. The molecule has 27 heavy (non-hydrogen) atoms. The Kier molecular flexibility index (Phi) is 7.55. The molecule has 0 heterocycles. The second-order valence-electron chi connectivity index (χ2n) is 6.77. The van der Waals surface area contributed by atoms with Crippen LogP contribution in [0, 0.1) is 0 Å². The van der Waals surface area contributed by atoms with E-state index in [2.05, 4.69) is 30.3 Å². The van der Waals surface area contributed by atoms with Crippen molar-refractivity contribution < 1.29 is 14.2 Å². The van der Waals surface area contributed by atoms with E-state index in [1.165, 1.54) is 31.2 Å². The van der Waals surface area contributed by atoms with Crippen LogP contribution in [0.2, 0.25) is 0 Å². The highest BCUT2D eigenvalue weighted by Gasteiger charge is 2.35. The SMILES string of the molecule is COc1cc(OC)c(OC)cc1C=NCC1(c2ccccc2)CCCC1.Cl. The van der Waals surface area contributed by atoms with Gasteiger partial charge in [0.25, 0.3) is 0 Å². The number of benzene rings is 2. The van der Waals surface area contributed by atoms with Gasteiger partial charge in [-0.25, -0.2) is 0 Å². The van der Waals surface area contributed by atoms with E-state index in [1.54, 1.807) is 21.3 Å². The van der Waals surface area contributed by atoms with Gasteiger partial charge in [-0.1, -0.05) is 43.2 Å². The summed E-state index contributed by atoms with van der Waals surface area (Å²) >= 11 is 0. The van der Waals surface area contributed by atoms with E-state index in [9.17, 15) is 0 Å². The molecule has 0 amide bonds. The van der Waals surface area contributed by atoms with Gasteiger partial charge in [-0.15, -0.1) is 12.4 Å². The van der Waals surface area contributed by atoms with Gasteiger partial charge in [0, 0.05) is 29.8 Å². The van der Waals surface area contributed by atoms with Crippen molar-refractivity contribution in [2.45, 2.75) is 31.1 Å². The summed E-state index contributed by atoms with van der Waals surface area (Å²) in [6.45, 7) is 0.786. The minimum Gasteiger partial charge on any atom is -0.496 e. The standard InChI is InChI=1S/C22H27NO3.ClH/c1-24-19-14-21(26-3)20(25-2)13-17(19)15-23-16-22(11-7-8-12-22)18-9-5-4-6-10-18;/h4-6,9-10,13-15H,7-8,11-12,16H2,1-3H3;1H. The third-order valence-corrected chi connectivity index (χ3v) is 5.31. The molecule has 1 aliphatic carbocycles. The van der Waals surface area contributed by atoms with Crippen molar-refractivity contribution in [3.63, 3.8) is 0 Å². The summed E-state index contributed by atoms with van der Waals surface area (Å²) in [5.41, 5.74) is 2.45. The lowest BCUT2D eigenvalue weighted by Gasteiger charge is -2.27. The Morgan fingerprint density at radius 3 is 2.07 bits per heavy atom. The van der Waals surface area contributed by atoms with Crippen LogP contribution < -0.4 is 14.2 Å². The van der Waals surface area contributed by atoms with Gasteiger partial charge >= 0.3 is 0 Å². The molecule has 0 aromatic heterocycles. The molecule has 0 atom stereocenters. The van der Waals surface area contributed by atoms with E-state index in [0.29, 0.717) is 11.5 Å². The largest absolute Gasteiger partial charge is 0.496 e. The van der Waals surface area contributed by atoms with Crippen molar-refractivity contribution in [2.24, 2.45) is 4.99 Å². The number of hydrogen-bond acceptors (Lipinski definition) is 4. The zero-order chi connectivity index (χ0) is 18.4. The predicted molar refractivity (Wildman–Crippen MR) is 112 cm³/mol. The van der Waals surface area contributed by atoms with Crippen LogP contribution in [0.1, 0.15) is 36.8 Å². The fourth-order valence-electron chi connectivity index (χ4n) is 3.85. The van der Waals surface area contributed by atoms with Gasteiger partial charge in [-0.2, -0.15) is 0 Å². The number of halogens is 1. The van der Waals surface area contributed by atoms with Gasteiger partial charge < -0.3 is 14.2 Å². The second-order valence-corrected chi connectivity index (χ2v) is 6.77. The summed E-state index contributed by atoms with van der Waals surface area (Å²) < 4.78 is 16.2. The minimum atomic E-state index is 0. The Labute approximate surface area is 168 Å². The molecule has 0 bridgehead atoms. The summed E-state index contributed by atoms with van der Waals surface area (Å²) in [5, 5.41) is 0. The molecule has 2 aromatic rings. The van der Waals surface area contributed by atoms with Gasteiger partial charge in [-0.3, -0.25) is 4.99 Å². The van der Waals surface area contributed by atoms with Crippen LogP contribution in [0.4, 0.5) is 0 Å². The van der Waals surface area contributed by atoms with Gasteiger partial charge in [-0.05, 0) is 24.5 Å². The molecule has 3 rings (SSSR count). The average Bonchev–Trinajstić information content (AvgIpc) is 3.18. The van der Waals surface area contributed by atoms with Crippen LogP contribution in [0.15, 0.2) is 47.5 Å². The molecule has 0 saturated heterocycles. The summed E-state index contributed by atoms with van der Waals surface area (Å²) in [6, 6.07) is 14.5. The number of methoxy groups -OCH3 is 3. The molecule has 1 aliphatic rings. The van der Waals surface area contributed by atoms with Crippen molar-refractivity contribution in [3.05, 3.63) is 53.6 Å². The fraction of sp³-hybridized carbons (Fsp3) is 0.409. The molecule has 4 nitrogen and oxygen atoms in total. The fourth-order valence-corrected chi connectivity index (χ4v) is 3.85. The smallest absolute Gasteiger partial charge is 0.164 e. The van der Waals surface area contributed by atoms with Crippen molar-refractivity contribution in [1.82, 2.24) is 0 Å².